The molecule has 0 unspecified atom stereocenters. The normalized spacial score (nSPS) is 10.2. The zero-order chi connectivity index (χ0) is 20.5. The lowest BCUT2D eigenvalue weighted by molar-refractivity contribution is 0.102. The summed E-state index contributed by atoms with van der Waals surface area (Å²) in [6.45, 7) is 1.29. The third kappa shape index (κ3) is 5.61. The summed E-state index contributed by atoms with van der Waals surface area (Å²) < 4.78 is 5.06. The third-order valence-electron chi connectivity index (χ3n) is 4.07. The van der Waals surface area contributed by atoms with Crippen LogP contribution in [0.25, 0.3) is 11.4 Å². The summed E-state index contributed by atoms with van der Waals surface area (Å²) in [5, 5.41) is 15.0. The molecule has 29 heavy (non-hydrogen) atoms. The van der Waals surface area contributed by atoms with Gasteiger partial charge in [-0.05, 0) is 24.6 Å². The average Bonchev–Trinajstić information content (AvgIpc) is 2.77. The second kappa shape index (κ2) is 9.97. The van der Waals surface area contributed by atoms with Crippen LogP contribution in [-0.4, -0.2) is 36.1 Å². The quantitative estimate of drug-likeness (QED) is 0.572. The van der Waals surface area contributed by atoms with E-state index >= 15 is 0 Å². The minimum absolute atomic E-state index is 0.232. The van der Waals surface area contributed by atoms with Gasteiger partial charge in [-0.2, -0.15) is 5.26 Å². The van der Waals surface area contributed by atoms with Crippen LogP contribution in [0, 0.1) is 11.3 Å². The Labute approximate surface area is 169 Å². The summed E-state index contributed by atoms with van der Waals surface area (Å²) in [5.74, 6) is 0.642. The number of nitrogens with one attached hydrogen (secondary N) is 2. The minimum Gasteiger partial charge on any atom is -0.385 e. The molecule has 2 N–H and O–H groups in total. The van der Waals surface area contributed by atoms with Crippen LogP contribution in [-0.2, 0) is 4.74 Å². The van der Waals surface area contributed by atoms with E-state index in [9.17, 15) is 4.79 Å². The van der Waals surface area contributed by atoms with Gasteiger partial charge < -0.3 is 15.4 Å². The molecule has 146 valence electrons. The maximum atomic E-state index is 12.8. The van der Waals surface area contributed by atoms with Crippen LogP contribution in [0.4, 0.5) is 11.5 Å². The van der Waals surface area contributed by atoms with Crippen molar-refractivity contribution in [2.75, 3.05) is 30.9 Å². The monoisotopic (exact) mass is 387 g/mol. The van der Waals surface area contributed by atoms with Crippen molar-refractivity contribution in [1.29, 1.82) is 5.26 Å². The van der Waals surface area contributed by atoms with Crippen LogP contribution >= 0.6 is 0 Å². The Kier molecular flexibility index (Phi) is 6.87. The molecule has 0 aliphatic heterocycles. The van der Waals surface area contributed by atoms with E-state index < -0.39 is 0 Å². The fraction of sp³-hybridized carbons (Fsp3) is 0.182. The SMILES string of the molecule is COCCCNc1cc(C(=O)Nc2cccc(C#N)c2)nc(-c2ccccc2)n1. The molecule has 0 spiro atoms. The van der Waals surface area contributed by atoms with Gasteiger partial charge in [-0.15, -0.1) is 0 Å². The third-order valence-corrected chi connectivity index (χ3v) is 4.07. The highest BCUT2D eigenvalue weighted by Crippen LogP contribution is 2.19. The highest BCUT2D eigenvalue weighted by atomic mass is 16.5. The molecule has 0 atom stereocenters. The van der Waals surface area contributed by atoms with Gasteiger partial charge in [0.15, 0.2) is 5.82 Å². The number of anilines is 2. The van der Waals surface area contributed by atoms with E-state index in [0.717, 1.165) is 12.0 Å². The summed E-state index contributed by atoms with van der Waals surface area (Å²) in [4.78, 5) is 21.8. The molecule has 3 rings (SSSR count). The topological polar surface area (TPSA) is 99.9 Å². The number of hydrogen-bond acceptors (Lipinski definition) is 6. The molecule has 0 fully saturated rings. The summed E-state index contributed by atoms with van der Waals surface area (Å²) in [5.41, 5.74) is 2.04. The van der Waals surface area contributed by atoms with E-state index in [2.05, 4.69) is 26.7 Å². The number of nitriles is 1. The number of rotatable bonds is 8. The van der Waals surface area contributed by atoms with Crippen molar-refractivity contribution in [2.24, 2.45) is 0 Å². The summed E-state index contributed by atoms with van der Waals surface area (Å²) in [6, 6.07) is 19.9. The van der Waals surface area contributed by atoms with Crippen LogP contribution in [0.2, 0.25) is 0 Å². The first kappa shape index (κ1) is 20.0. The number of aromatic nitrogens is 2. The van der Waals surface area contributed by atoms with Crippen molar-refractivity contribution in [1.82, 2.24) is 9.97 Å². The second-order valence-corrected chi connectivity index (χ2v) is 6.25. The molecule has 0 aliphatic carbocycles. The number of ether oxygens (including phenoxy) is 1. The lowest BCUT2D eigenvalue weighted by atomic mass is 10.2. The molecule has 3 aromatic rings. The predicted molar refractivity (Wildman–Crippen MR) is 112 cm³/mol. The fourth-order valence-electron chi connectivity index (χ4n) is 2.67. The van der Waals surface area contributed by atoms with Crippen molar-refractivity contribution in [3.05, 3.63) is 71.9 Å². The predicted octanol–water partition coefficient (Wildman–Crippen LogP) is 3.72. The number of benzene rings is 2. The number of amides is 1. The molecular weight excluding hydrogens is 366 g/mol. The Hall–Kier alpha value is -3.76. The summed E-state index contributed by atoms with van der Waals surface area (Å²) in [6.07, 6.45) is 0.809. The van der Waals surface area contributed by atoms with Gasteiger partial charge >= 0.3 is 0 Å². The van der Waals surface area contributed by atoms with Crippen LogP contribution in [0.3, 0.4) is 0 Å². The van der Waals surface area contributed by atoms with Gasteiger partial charge in [0.1, 0.15) is 11.5 Å². The molecular formula is C22H21N5O2. The molecule has 0 saturated heterocycles. The minimum atomic E-state index is -0.375. The van der Waals surface area contributed by atoms with Crippen LogP contribution < -0.4 is 10.6 Å². The Morgan fingerprint density at radius 2 is 1.93 bits per heavy atom. The van der Waals surface area contributed by atoms with Crippen molar-refractivity contribution in [3.63, 3.8) is 0 Å². The van der Waals surface area contributed by atoms with E-state index in [0.29, 0.717) is 36.0 Å². The molecule has 1 heterocycles. The average molecular weight is 387 g/mol. The molecule has 0 radical (unpaired) electrons. The van der Waals surface area contributed by atoms with Gasteiger partial charge in [0.25, 0.3) is 5.91 Å². The van der Waals surface area contributed by atoms with Gasteiger partial charge in [0.05, 0.1) is 11.6 Å². The van der Waals surface area contributed by atoms with Crippen LogP contribution in [0.5, 0.6) is 0 Å². The van der Waals surface area contributed by atoms with E-state index in [1.165, 1.54) is 0 Å². The van der Waals surface area contributed by atoms with Gasteiger partial charge in [-0.3, -0.25) is 4.79 Å². The van der Waals surface area contributed by atoms with Crippen LogP contribution in [0.15, 0.2) is 60.7 Å². The van der Waals surface area contributed by atoms with Gasteiger partial charge in [0.2, 0.25) is 0 Å². The standard InChI is InChI=1S/C22H21N5O2/c1-29-12-6-11-24-20-14-19(26-21(27-20)17-8-3-2-4-9-17)22(28)25-18-10-5-7-16(13-18)15-23/h2-5,7-10,13-14H,6,11-12H2,1H3,(H,25,28)(H,24,26,27). The smallest absolute Gasteiger partial charge is 0.274 e. The van der Waals surface area contributed by atoms with E-state index in [-0.39, 0.29) is 11.6 Å². The van der Waals surface area contributed by atoms with Crippen molar-refractivity contribution >= 4 is 17.4 Å². The molecule has 1 aromatic heterocycles. The number of hydrogen-bond donors (Lipinski definition) is 2. The first-order valence-electron chi connectivity index (χ1n) is 9.18. The number of nitrogens with zero attached hydrogens (tertiary/aromatic N) is 3. The first-order chi connectivity index (χ1) is 14.2. The summed E-state index contributed by atoms with van der Waals surface area (Å²) in [7, 11) is 1.65. The molecule has 0 aliphatic rings. The Morgan fingerprint density at radius 3 is 2.69 bits per heavy atom. The Morgan fingerprint density at radius 1 is 1.10 bits per heavy atom. The molecule has 1 amide bonds. The van der Waals surface area contributed by atoms with E-state index in [1.54, 1.807) is 37.4 Å². The van der Waals surface area contributed by atoms with Gasteiger partial charge in [-0.25, -0.2) is 9.97 Å². The Bertz CT molecular complexity index is 1020. The highest BCUT2D eigenvalue weighted by molar-refractivity contribution is 6.03. The number of carbonyl (C=O) groups is 1. The zero-order valence-electron chi connectivity index (χ0n) is 16.1. The first-order valence-corrected chi connectivity index (χ1v) is 9.18. The van der Waals surface area contributed by atoms with Gasteiger partial charge in [0, 0.05) is 37.6 Å². The van der Waals surface area contributed by atoms with Crippen molar-refractivity contribution in [2.45, 2.75) is 6.42 Å². The molecule has 7 heteroatoms. The van der Waals surface area contributed by atoms with E-state index in [1.807, 2.05) is 30.3 Å². The highest BCUT2D eigenvalue weighted by Gasteiger charge is 2.13. The van der Waals surface area contributed by atoms with Gasteiger partial charge in [-0.1, -0.05) is 36.4 Å². The molecule has 0 bridgehead atoms. The zero-order valence-corrected chi connectivity index (χ0v) is 16.1. The maximum Gasteiger partial charge on any atom is 0.274 e. The molecule has 0 saturated carbocycles. The molecule has 7 nitrogen and oxygen atoms in total. The lowest BCUT2D eigenvalue weighted by Gasteiger charge is -2.11. The fourth-order valence-corrected chi connectivity index (χ4v) is 2.67. The molecule has 2 aromatic carbocycles. The lowest BCUT2D eigenvalue weighted by Crippen LogP contribution is -2.16. The number of carbonyl (C=O) groups excluding carboxylic acids is 1. The number of methoxy groups -OCH3 is 1. The van der Waals surface area contributed by atoms with E-state index in [4.69, 9.17) is 10.00 Å². The summed E-state index contributed by atoms with van der Waals surface area (Å²) >= 11 is 0. The second-order valence-electron chi connectivity index (χ2n) is 6.25. The van der Waals surface area contributed by atoms with Crippen molar-refractivity contribution in [3.8, 4) is 17.5 Å². The van der Waals surface area contributed by atoms with Crippen molar-refractivity contribution < 1.29 is 9.53 Å². The Balaban J connectivity index is 1.87. The largest absolute Gasteiger partial charge is 0.385 e. The maximum absolute atomic E-state index is 12.8. The van der Waals surface area contributed by atoms with Crippen LogP contribution in [0.1, 0.15) is 22.5 Å².